The Morgan fingerprint density at radius 1 is 1.25 bits per heavy atom. The number of morpholine rings is 1. The summed E-state index contributed by atoms with van der Waals surface area (Å²) in [6.07, 6.45) is 0. The summed E-state index contributed by atoms with van der Waals surface area (Å²) in [6.45, 7) is 9.14. The van der Waals surface area contributed by atoms with Crippen molar-refractivity contribution in [3.05, 3.63) is 28.2 Å². The Bertz CT molecular complexity index is 525. The highest BCUT2D eigenvalue weighted by molar-refractivity contribution is 9.10. The molecule has 1 heterocycles. The molecule has 1 saturated heterocycles. The fourth-order valence-corrected chi connectivity index (χ4v) is 3.25. The van der Waals surface area contributed by atoms with Crippen LogP contribution >= 0.6 is 15.9 Å². The highest BCUT2D eigenvalue weighted by Crippen LogP contribution is 2.31. The first-order valence-corrected chi connectivity index (χ1v) is 7.44. The van der Waals surface area contributed by atoms with Gasteiger partial charge in [0.1, 0.15) is 0 Å². The number of nitrogens with two attached hydrogens (primary N) is 1. The molecule has 5 heteroatoms. The van der Waals surface area contributed by atoms with Crippen LogP contribution in [0.15, 0.2) is 22.7 Å². The molecule has 0 bridgehead atoms. The molecule has 0 unspecified atom stereocenters. The number of anilines is 1. The number of hydrogen-bond donors (Lipinski definition) is 1. The summed E-state index contributed by atoms with van der Waals surface area (Å²) in [7, 11) is 0. The summed E-state index contributed by atoms with van der Waals surface area (Å²) in [5.41, 5.74) is 6.31. The molecule has 0 aromatic heterocycles. The second kappa shape index (κ2) is 5.04. The van der Waals surface area contributed by atoms with E-state index in [9.17, 15) is 4.79 Å². The van der Waals surface area contributed by atoms with E-state index in [1.165, 1.54) is 0 Å². The minimum Gasteiger partial charge on any atom is -0.398 e. The van der Waals surface area contributed by atoms with E-state index in [1.54, 1.807) is 18.2 Å². The van der Waals surface area contributed by atoms with Crippen LogP contribution < -0.4 is 5.73 Å². The van der Waals surface area contributed by atoms with Crippen LogP contribution in [0.4, 0.5) is 5.69 Å². The SMILES string of the molecule is CC1(C)CN(C(=O)c2cccc(N)c2Br)CC(C)(C)O1. The third-order valence-corrected chi connectivity index (χ3v) is 4.13. The Balaban J connectivity index is 2.31. The van der Waals surface area contributed by atoms with Crippen molar-refractivity contribution in [2.45, 2.75) is 38.9 Å². The summed E-state index contributed by atoms with van der Waals surface area (Å²) in [4.78, 5) is 14.6. The number of nitrogens with zero attached hydrogens (tertiary/aromatic N) is 1. The number of ether oxygens (including phenoxy) is 1. The van der Waals surface area contributed by atoms with Gasteiger partial charge in [0, 0.05) is 18.8 Å². The minimum atomic E-state index is -0.357. The van der Waals surface area contributed by atoms with E-state index in [4.69, 9.17) is 10.5 Å². The smallest absolute Gasteiger partial charge is 0.255 e. The van der Waals surface area contributed by atoms with Crippen molar-refractivity contribution in [2.24, 2.45) is 0 Å². The molecule has 1 amide bonds. The number of benzene rings is 1. The number of rotatable bonds is 1. The van der Waals surface area contributed by atoms with Crippen molar-refractivity contribution < 1.29 is 9.53 Å². The van der Waals surface area contributed by atoms with Gasteiger partial charge in [-0.1, -0.05) is 6.07 Å². The third-order valence-electron chi connectivity index (χ3n) is 3.24. The van der Waals surface area contributed by atoms with Crippen LogP contribution in [0.5, 0.6) is 0 Å². The first-order valence-electron chi connectivity index (χ1n) is 6.65. The predicted octanol–water partition coefficient (Wildman–Crippen LogP) is 3.06. The Kier molecular flexibility index (Phi) is 3.86. The van der Waals surface area contributed by atoms with Gasteiger partial charge in [-0.2, -0.15) is 0 Å². The van der Waals surface area contributed by atoms with Crippen molar-refractivity contribution in [2.75, 3.05) is 18.8 Å². The van der Waals surface area contributed by atoms with Crippen LogP contribution in [-0.2, 0) is 4.74 Å². The number of carbonyl (C=O) groups excluding carboxylic acids is 1. The van der Waals surface area contributed by atoms with Gasteiger partial charge in [-0.05, 0) is 55.8 Å². The molecule has 1 aromatic carbocycles. The Morgan fingerprint density at radius 3 is 2.35 bits per heavy atom. The Labute approximate surface area is 128 Å². The fraction of sp³-hybridized carbons (Fsp3) is 0.533. The topological polar surface area (TPSA) is 55.6 Å². The molecule has 20 heavy (non-hydrogen) atoms. The van der Waals surface area contributed by atoms with E-state index in [2.05, 4.69) is 15.9 Å². The number of amides is 1. The lowest BCUT2D eigenvalue weighted by Gasteiger charge is -2.47. The zero-order valence-corrected chi connectivity index (χ0v) is 14.0. The molecule has 0 radical (unpaired) electrons. The van der Waals surface area contributed by atoms with Gasteiger partial charge >= 0.3 is 0 Å². The average Bonchev–Trinajstić information content (AvgIpc) is 2.28. The molecule has 4 nitrogen and oxygen atoms in total. The quantitative estimate of drug-likeness (QED) is 0.799. The van der Waals surface area contributed by atoms with Crippen LogP contribution in [0.3, 0.4) is 0 Å². The molecule has 0 spiro atoms. The van der Waals surface area contributed by atoms with Crippen LogP contribution in [0, 0.1) is 0 Å². The maximum Gasteiger partial charge on any atom is 0.255 e. The normalized spacial score (nSPS) is 20.8. The maximum absolute atomic E-state index is 12.7. The first kappa shape index (κ1) is 15.3. The molecule has 1 fully saturated rings. The molecule has 1 aliphatic rings. The lowest BCUT2D eigenvalue weighted by atomic mass is 9.98. The summed E-state index contributed by atoms with van der Waals surface area (Å²) in [6, 6.07) is 5.36. The van der Waals surface area contributed by atoms with Gasteiger partial charge in [0.2, 0.25) is 0 Å². The van der Waals surface area contributed by atoms with E-state index < -0.39 is 0 Å². The highest BCUT2D eigenvalue weighted by Gasteiger charge is 2.40. The van der Waals surface area contributed by atoms with E-state index in [0.29, 0.717) is 28.8 Å². The average molecular weight is 341 g/mol. The van der Waals surface area contributed by atoms with E-state index in [-0.39, 0.29) is 17.1 Å². The zero-order chi connectivity index (χ0) is 15.1. The van der Waals surface area contributed by atoms with Crippen molar-refractivity contribution in [1.82, 2.24) is 4.90 Å². The monoisotopic (exact) mass is 340 g/mol. The number of halogens is 1. The van der Waals surface area contributed by atoms with Gasteiger partial charge in [-0.3, -0.25) is 4.79 Å². The summed E-state index contributed by atoms with van der Waals surface area (Å²) in [5, 5.41) is 0. The molecule has 0 aliphatic carbocycles. The fourth-order valence-electron chi connectivity index (χ4n) is 2.82. The van der Waals surface area contributed by atoms with Crippen molar-refractivity contribution >= 4 is 27.5 Å². The van der Waals surface area contributed by atoms with Crippen LogP contribution in [0.25, 0.3) is 0 Å². The molecular formula is C15H21BrN2O2. The number of hydrogen-bond acceptors (Lipinski definition) is 3. The highest BCUT2D eigenvalue weighted by atomic mass is 79.9. The van der Waals surface area contributed by atoms with Gasteiger partial charge in [-0.15, -0.1) is 0 Å². The van der Waals surface area contributed by atoms with Gasteiger partial charge in [0.15, 0.2) is 0 Å². The molecule has 1 aliphatic heterocycles. The standard InChI is InChI=1S/C15H21BrN2O2/c1-14(2)8-18(9-15(3,4)20-14)13(19)10-6-5-7-11(17)12(10)16/h5-7H,8-9,17H2,1-4H3. The zero-order valence-electron chi connectivity index (χ0n) is 12.4. The van der Waals surface area contributed by atoms with Crippen molar-refractivity contribution in [1.29, 1.82) is 0 Å². The predicted molar refractivity (Wildman–Crippen MR) is 83.7 cm³/mol. The second-order valence-electron chi connectivity index (χ2n) is 6.49. The van der Waals surface area contributed by atoms with Crippen molar-refractivity contribution in [3.63, 3.8) is 0 Å². The van der Waals surface area contributed by atoms with Gasteiger partial charge in [0.25, 0.3) is 5.91 Å². The van der Waals surface area contributed by atoms with Gasteiger partial charge in [0.05, 0.1) is 21.2 Å². The maximum atomic E-state index is 12.7. The van der Waals surface area contributed by atoms with Crippen LogP contribution in [0.2, 0.25) is 0 Å². The minimum absolute atomic E-state index is 0.0198. The summed E-state index contributed by atoms with van der Waals surface area (Å²) < 4.78 is 6.66. The largest absolute Gasteiger partial charge is 0.398 e. The van der Waals surface area contributed by atoms with Crippen LogP contribution in [0.1, 0.15) is 38.1 Å². The molecule has 2 N–H and O–H groups in total. The summed E-state index contributed by atoms with van der Waals surface area (Å²) in [5.74, 6) is -0.0198. The molecule has 2 rings (SSSR count). The molecule has 1 aromatic rings. The lowest BCUT2D eigenvalue weighted by molar-refractivity contribution is -0.171. The Hall–Kier alpha value is -1.07. The number of carbonyl (C=O) groups is 1. The van der Waals surface area contributed by atoms with E-state index in [1.807, 2.05) is 32.6 Å². The Morgan fingerprint density at radius 2 is 1.80 bits per heavy atom. The lowest BCUT2D eigenvalue weighted by Crippen LogP contribution is -2.58. The van der Waals surface area contributed by atoms with Gasteiger partial charge in [-0.25, -0.2) is 0 Å². The van der Waals surface area contributed by atoms with Crippen molar-refractivity contribution in [3.8, 4) is 0 Å². The van der Waals surface area contributed by atoms with E-state index in [0.717, 1.165) is 0 Å². The molecule has 0 atom stereocenters. The van der Waals surface area contributed by atoms with E-state index >= 15 is 0 Å². The second-order valence-corrected chi connectivity index (χ2v) is 7.28. The summed E-state index contributed by atoms with van der Waals surface area (Å²) >= 11 is 3.40. The molecule has 110 valence electrons. The van der Waals surface area contributed by atoms with Gasteiger partial charge < -0.3 is 15.4 Å². The first-order chi connectivity index (χ1) is 9.11. The molecular weight excluding hydrogens is 320 g/mol. The molecule has 0 saturated carbocycles. The third kappa shape index (κ3) is 3.15. The number of nitrogen functional groups attached to an aromatic ring is 1. The van der Waals surface area contributed by atoms with Crippen LogP contribution in [-0.4, -0.2) is 35.1 Å².